The van der Waals surface area contributed by atoms with Crippen molar-refractivity contribution in [3.05, 3.63) is 11.7 Å². The van der Waals surface area contributed by atoms with Crippen molar-refractivity contribution in [2.75, 3.05) is 6.54 Å². The van der Waals surface area contributed by atoms with E-state index in [0.717, 1.165) is 25.8 Å². The van der Waals surface area contributed by atoms with Crippen LogP contribution in [0.4, 0.5) is 4.79 Å². The van der Waals surface area contributed by atoms with Crippen molar-refractivity contribution in [1.29, 1.82) is 0 Å². The molecule has 134 valence electrons. The van der Waals surface area contributed by atoms with Crippen LogP contribution in [-0.2, 0) is 16.8 Å². The Morgan fingerprint density at radius 3 is 2.71 bits per heavy atom. The molecule has 1 aromatic heterocycles. The summed E-state index contributed by atoms with van der Waals surface area (Å²) in [5.74, 6) is 1.19. The van der Waals surface area contributed by atoms with Crippen LogP contribution in [0.25, 0.3) is 0 Å². The fourth-order valence-electron chi connectivity index (χ4n) is 3.35. The number of nitrogens with one attached hydrogen (secondary N) is 1. The van der Waals surface area contributed by atoms with Gasteiger partial charge in [0.2, 0.25) is 5.89 Å². The lowest BCUT2D eigenvalue weighted by atomic mass is 9.76. The Balaban J connectivity index is 1.66. The molecule has 7 nitrogen and oxygen atoms in total. The number of ether oxygens (including phenoxy) is 1. The second kappa shape index (κ2) is 6.35. The molecule has 24 heavy (non-hydrogen) atoms. The quantitative estimate of drug-likeness (QED) is 0.910. The van der Waals surface area contributed by atoms with E-state index in [9.17, 15) is 4.79 Å². The van der Waals surface area contributed by atoms with Crippen LogP contribution in [0.5, 0.6) is 0 Å². The predicted octanol–water partition coefficient (Wildman–Crippen LogP) is 2.96. The molecule has 2 heterocycles. The predicted molar refractivity (Wildman–Crippen MR) is 88.3 cm³/mol. The maximum atomic E-state index is 12.1. The Labute approximate surface area is 143 Å². The van der Waals surface area contributed by atoms with Crippen LogP contribution < -0.4 is 5.32 Å². The smallest absolute Gasteiger partial charge is 0.408 e. The number of carbonyl (C=O) groups excluding carboxylic acids is 1. The minimum Gasteiger partial charge on any atom is -0.444 e. The Morgan fingerprint density at radius 2 is 2.17 bits per heavy atom. The zero-order valence-electron chi connectivity index (χ0n) is 15.1. The van der Waals surface area contributed by atoms with Gasteiger partial charge in [0, 0.05) is 6.04 Å². The van der Waals surface area contributed by atoms with Crippen LogP contribution in [0, 0.1) is 0 Å². The van der Waals surface area contributed by atoms with Gasteiger partial charge in [0.25, 0.3) is 0 Å². The molecule has 1 amide bonds. The molecule has 1 aromatic rings. The second-order valence-electron chi connectivity index (χ2n) is 8.04. The molecule has 0 aromatic carbocycles. The van der Waals surface area contributed by atoms with E-state index < -0.39 is 17.2 Å². The van der Waals surface area contributed by atoms with Gasteiger partial charge in [0.1, 0.15) is 11.1 Å². The van der Waals surface area contributed by atoms with Crippen LogP contribution >= 0.6 is 0 Å². The highest BCUT2D eigenvalue weighted by atomic mass is 16.6. The van der Waals surface area contributed by atoms with Crippen LogP contribution in [-0.4, -0.2) is 39.3 Å². The molecule has 0 spiro atoms. The average molecular weight is 336 g/mol. The summed E-state index contributed by atoms with van der Waals surface area (Å²) in [7, 11) is 0. The summed E-state index contributed by atoms with van der Waals surface area (Å²) in [4.78, 5) is 19.1. The van der Waals surface area contributed by atoms with Gasteiger partial charge in [0.15, 0.2) is 5.82 Å². The third-order valence-corrected chi connectivity index (χ3v) is 4.87. The Bertz CT molecular complexity index is 589. The highest BCUT2D eigenvalue weighted by Gasteiger charge is 2.45. The first-order valence-corrected chi connectivity index (χ1v) is 8.86. The normalized spacial score (nSPS) is 23.8. The summed E-state index contributed by atoms with van der Waals surface area (Å²) in [6, 6.07) is 0.554. The monoisotopic (exact) mass is 336 g/mol. The fourth-order valence-corrected chi connectivity index (χ4v) is 3.35. The number of alkyl carbamates (subject to hydrolysis) is 1. The molecule has 1 atom stereocenters. The molecule has 0 bridgehead atoms. The number of hydrogen-bond donors (Lipinski definition) is 1. The van der Waals surface area contributed by atoms with Crippen molar-refractivity contribution in [3.8, 4) is 0 Å². The third kappa shape index (κ3) is 3.71. The lowest BCUT2D eigenvalue weighted by molar-refractivity contribution is 0.0362. The molecule has 1 saturated carbocycles. The first-order valence-electron chi connectivity index (χ1n) is 8.86. The van der Waals surface area contributed by atoms with Gasteiger partial charge in [-0.2, -0.15) is 4.98 Å². The summed E-state index contributed by atoms with van der Waals surface area (Å²) in [5, 5.41) is 7.10. The molecule has 2 fully saturated rings. The van der Waals surface area contributed by atoms with E-state index in [1.165, 1.54) is 12.8 Å². The van der Waals surface area contributed by atoms with Crippen LogP contribution in [0.2, 0.25) is 0 Å². The molecule has 1 aliphatic heterocycles. The first-order chi connectivity index (χ1) is 11.3. The molecule has 1 saturated heterocycles. The van der Waals surface area contributed by atoms with E-state index in [-0.39, 0.29) is 0 Å². The molecule has 7 heteroatoms. The van der Waals surface area contributed by atoms with E-state index in [2.05, 4.69) is 27.3 Å². The van der Waals surface area contributed by atoms with Crippen molar-refractivity contribution >= 4 is 6.09 Å². The van der Waals surface area contributed by atoms with Crippen molar-refractivity contribution in [1.82, 2.24) is 20.4 Å². The van der Waals surface area contributed by atoms with Gasteiger partial charge in [-0.3, -0.25) is 4.90 Å². The van der Waals surface area contributed by atoms with E-state index in [4.69, 9.17) is 9.26 Å². The Morgan fingerprint density at radius 1 is 1.42 bits per heavy atom. The van der Waals surface area contributed by atoms with E-state index in [0.29, 0.717) is 24.3 Å². The number of hydrogen-bond acceptors (Lipinski definition) is 6. The largest absolute Gasteiger partial charge is 0.444 e. The molecular weight excluding hydrogens is 308 g/mol. The Kier molecular flexibility index (Phi) is 4.55. The molecule has 1 N–H and O–H groups in total. The maximum Gasteiger partial charge on any atom is 0.408 e. The van der Waals surface area contributed by atoms with Crippen molar-refractivity contribution in [2.45, 2.75) is 83.5 Å². The fraction of sp³-hybridized carbons (Fsp3) is 0.824. The highest BCUT2D eigenvalue weighted by Crippen LogP contribution is 2.40. The van der Waals surface area contributed by atoms with Crippen LogP contribution in [0.1, 0.15) is 71.5 Å². The van der Waals surface area contributed by atoms with Gasteiger partial charge in [-0.05, 0) is 66.3 Å². The summed E-state index contributed by atoms with van der Waals surface area (Å²) < 4.78 is 10.8. The summed E-state index contributed by atoms with van der Waals surface area (Å²) in [5.41, 5.74) is -1.07. The van der Waals surface area contributed by atoms with Gasteiger partial charge in [-0.25, -0.2) is 4.79 Å². The minimum absolute atomic E-state index is 0.429. The number of amides is 1. The number of rotatable bonds is 4. The molecule has 3 rings (SSSR count). The summed E-state index contributed by atoms with van der Waals surface area (Å²) in [6.07, 6.45) is 4.65. The third-order valence-electron chi connectivity index (χ3n) is 4.87. The standard InChI is InChI=1S/C17H28N4O3/c1-12-7-5-10-21(12)11-13-18-14(20-24-13)17(8-6-9-17)19-15(22)23-16(2,3)4/h12H,5-11H2,1-4H3,(H,19,22). The number of carbonyl (C=O) groups is 1. The Hall–Kier alpha value is -1.63. The maximum absolute atomic E-state index is 12.1. The molecule has 1 aliphatic carbocycles. The SMILES string of the molecule is CC1CCCN1Cc1nc(C2(NC(=O)OC(C)(C)C)CCC2)no1. The van der Waals surface area contributed by atoms with Gasteiger partial charge in [-0.15, -0.1) is 0 Å². The molecule has 0 radical (unpaired) electrons. The highest BCUT2D eigenvalue weighted by molar-refractivity contribution is 5.69. The van der Waals surface area contributed by atoms with Crippen molar-refractivity contribution in [2.24, 2.45) is 0 Å². The van der Waals surface area contributed by atoms with Crippen molar-refractivity contribution in [3.63, 3.8) is 0 Å². The van der Waals surface area contributed by atoms with Crippen molar-refractivity contribution < 1.29 is 14.1 Å². The number of nitrogens with zero attached hydrogens (tertiary/aromatic N) is 3. The minimum atomic E-state index is -0.541. The number of likely N-dealkylation sites (tertiary alicyclic amines) is 1. The average Bonchev–Trinajstić information content (AvgIpc) is 3.03. The summed E-state index contributed by atoms with van der Waals surface area (Å²) >= 11 is 0. The van der Waals surface area contributed by atoms with Crippen LogP contribution in [0.3, 0.4) is 0 Å². The second-order valence-corrected chi connectivity index (χ2v) is 8.04. The van der Waals surface area contributed by atoms with Crippen LogP contribution in [0.15, 0.2) is 4.52 Å². The summed E-state index contributed by atoms with van der Waals surface area (Å²) in [6.45, 7) is 9.52. The zero-order chi connectivity index (χ0) is 17.4. The van der Waals surface area contributed by atoms with Gasteiger partial charge >= 0.3 is 6.09 Å². The topological polar surface area (TPSA) is 80.5 Å². The number of aromatic nitrogens is 2. The van der Waals surface area contributed by atoms with Gasteiger partial charge < -0.3 is 14.6 Å². The molecule has 2 aliphatic rings. The zero-order valence-corrected chi connectivity index (χ0v) is 15.1. The van der Waals surface area contributed by atoms with Gasteiger partial charge in [-0.1, -0.05) is 5.16 Å². The lowest BCUT2D eigenvalue weighted by Gasteiger charge is -2.39. The molecular formula is C17H28N4O3. The first kappa shape index (κ1) is 17.2. The molecule has 1 unspecified atom stereocenters. The lowest BCUT2D eigenvalue weighted by Crippen LogP contribution is -2.52. The van der Waals surface area contributed by atoms with E-state index in [1.54, 1.807) is 0 Å². The van der Waals surface area contributed by atoms with Gasteiger partial charge in [0.05, 0.1) is 6.54 Å². The van der Waals surface area contributed by atoms with E-state index >= 15 is 0 Å². The van der Waals surface area contributed by atoms with E-state index in [1.807, 2.05) is 20.8 Å².